The van der Waals surface area contributed by atoms with E-state index < -0.39 is 12.7 Å². The van der Waals surface area contributed by atoms with E-state index in [-0.39, 0.29) is 11.9 Å². The van der Waals surface area contributed by atoms with Crippen molar-refractivity contribution in [3.63, 3.8) is 0 Å². The van der Waals surface area contributed by atoms with E-state index in [1.54, 1.807) is 0 Å². The second-order valence-electron chi connectivity index (χ2n) is 4.82. The maximum absolute atomic E-state index is 12.2. The predicted octanol–water partition coefficient (Wildman–Crippen LogP) is 1.13. The van der Waals surface area contributed by atoms with Crippen LogP contribution >= 0.6 is 0 Å². The van der Waals surface area contributed by atoms with Crippen molar-refractivity contribution in [3.8, 4) is 0 Å². The Morgan fingerprint density at radius 1 is 1.32 bits per heavy atom. The van der Waals surface area contributed by atoms with Crippen LogP contribution in [0.15, 0.2) is 0 Å². The SMILES string of the molecule is CCNC(=O)CCNC1CCN(CC(F)(F)F)CC1. The van der Waals surface area contributed by atoms with Gasteiger partial charge in [-0.1, -0.05) is 0 Å². The van der Waals surface area contributed by atoms with Crippen LogP contribution in [-0.2, 0) is 4.79 Å². The third kappa shape index (κ3) is 7.37. The summed E-state index contributed by atoms with van der Waals surface area (Å²) in [7, 11) is 0. The normalized spacial score (nSPS) is 18.5. The van der Waals surface area contributed by atoms with Crippen LogP contribution in [-0.4, -0.2) is 55.7 Å². The second-order valence-corrected chi connectivity index (χ2v) is 4.82. The van der Waals surface area contributed by atoms with E-state index in [1.165, 1.54) is 4.90 Å². The van der Waals surface area contributed by atoms with Crippen LogP contribution in [0.5, 0.6) is 0 Å². The summed E-state index contributed by atoms with van der Waals surface area (Å²) in [5.41, 5.74) is 0. The summed E-state index contributed by atoms with van der Waals surface area (Å²) in [5.74, 6) is 0.00417. The Bertz CT molecular complexity index is 276. The first kappa shape index (κ1) is 16.2. The van der Waals surface area contributed by atoms with Crippen molar-refractivity contribution < 1.29 is 18.0 Å². The summed E-state index contributed by atoms with van der Waals surface area (Å²) >= 11 is 0. The third-order valence-corrected chi connectivity index (χ3v) is 3.15. The summed E-state index contributed by atoms with van der Waals surface area (Å²) in [6.07, 6.45) is -2.30. The molecule has 0 saturated carbocycles. The standard InChI is InChI=1S/C12H22F3N3O/c1-2-16-11(19)3-6-17-10-4-7-18(8-5-10)9-12(13,14)15/h10,17H,2-9H2,1H3,(H,16,19). The minimum atomic E-state index is -4.11. The molecule has 0 aromatic heterocycles. The van der Waals surface area contributed by atoms with Gasteiger partial charge in [0.1, 0.15) is 0 Å². The van der Waals surface area contributed by atoms with Crippen LogP contribution in [0, 0.1) is 0 Å². The molecule has 2 N–H and O–H groups in total. The zero-order valence-electron chi connectivity index (χ0n) is 11.2. The topological polar surface area (TPSA) is 44.4 Å². The van der Waals surface area contributed by atoms with E-state index in [4.69, 9.17) is 0 Å². The minimum absolute atomic E-state index is 0.00417. The highest BCUT2D eigenvalue weighted by Crippen LogP contribution is 2.19. The molecule has 0 unspecified atom stereocenters. The minimum Gasteiger partial charge on any atom is -0.356 e. The number of carbonyl (C=O) groups is 1. The average molecular weight is 281 g/mol. The number of alkyl halides is 3. The first-order chi connectivity index (χ1) is 8.90. The van der Waals surface area contributed by atoms with Gasteiger partial charge in [0, 0.05) is 25.6 Å². The number of piperidine rings is 1. The maximum atomic E-state index is 12.2. The van der Waals surface area contributed by atoms with Crippen molar-refractivity contribution in [1.29, 1.82) is 0 Å². The van der Waals surface area contributed by atoms with Gasteiger partial charge in [0.05, 0.1) is 6.54 Å². The van der Waals surface area contributed by atoms with Crippen molar-refractivity contribution in [1.82, 2.24) is 15.5 Å². The number of nitrogens with one attached hydrogen (secondary N) is 2. The van der Waals surface area contributed by atoms with Gasteiger partial charge in [-0.15, -0.1) is 0 Å². The van der Waals surface area contributed by atoms with Gasteiger partial charge in [0.15, 0.2) is 0 Å². The number of hydrogen-bond donors (Lipinski definition) is 2. The molecule has 0 radical (unpaired) electrons. The number of rotatable bonds is 6. The first-order valence-corrected chi connectivity index (χ1v) is 6.70. The molecule has 0 aliphatic carbocycles. The summed E-state index contributed by atoms with van der Waals surface area (Å²) in [6, 6.07) is 0.221. The molecule has 19 heavy (non-hydrogen) atoms. The van der Waals surface area contributed by atoms with Crippen LogP contribution < -0.4 is 10.6 Å². The monoisotopic (exact) mass is 281 g/mol. The van der Waals surface area contributed by atoms with Gasteiger partial charge in [-0.05, 0) is 32.9 Å². The molecule has 1 aliphatic rings. The van der Waals surface area contributed by atoms with Crippen LogP contribution in [0.3, 0.4) is 0 Å². The Balaban J connectivity index is 2.11. The highest BCUT2D eigenvalue weighted by atomic mass is 19.4. The molecule has 112 valence electrons. The fourth-order valence-corrected chi connectivity index (χ4v) is 2.22. The average Bonchev–Trinajstić information content (AvgIpc) is 2.30. The van der Waals surface area contributed by atoms with Gasteiger partial charge >= 0.3 is 6.18 Å². The van der Waals surface area contributed by atoms with Crippen molar-refractivity contribution >= 4 is 5.91 Å². The summed E-state index contributed by atoms with van der Waals surface area (Å²) in [5, 5.41) is 5.93. The van der Waals surface area contributed by atoms with Crippen LogP contribution in [0.25, 0.3) is 0 Å². The van der Waals surface area contributed by atoms with Gasteiger partial charge in [0.25, 0.3) is 0 Å². The maximum Gasteiger partial charge on any atom is 0.401 e. The smallest absolute Gasteiger partial charge is 0.356 e. The quantitative estimate of drug-likeness (QED) is 0.767. The Morgan fingerprint density at radius 3 is 2.47 bits per heavy atom. The van der Waals surface area contributed by atoms with Gasteiger partial charge in [0.2, 0.25) is 5.91 Å². The van der Waals surface area contributed by atoms with Crippen LogP contribution in [0.4, 0.5) is 13.2 Å². The number of hydrogen-bond acceptors (Lipinski definition) is 3. The molecule has 1 saturated heterocycles. The lowest BCUT2D eigenvalue weighted by molar-refractivity contribution is -0.148. The van der Waals surface area contributed by atoms with E-state index >= 15 is 0 Å². The Labute approximate surface area is 111 Å². The lowest BCUT2D eigenvalue weighted by atomic mass is 10.0. The molecule has 7 heteroatoms. The number of carbonyl (C=O) groups excluding carboxylic acids is 1. The number of amides is 1. The third-order valence-electron chi connectivity index (χ3n) is 3.15. The molecule has 0 bridgehead atoms. The molecule has 1 heterocycles. The summed E-state index contributed by atoms with van der Waals surface area (Å²) < 4.78 is 36.6. The van der Waals surface area contributed by atoms with Crippen molar-refractivity contribution in [3.05, 3.63) is 0 Å². The molecule has 1 fully saturated rings. The molecule has 0 aromatic carbocycles. The van der Waals surface area contributed by atoms with E-state index in [0.717, 1.165) is 0 Å². The summed E-state index contributed by atoms with van der Waals surface area (Å²) in [6.45, 7) is 3.15. The molecule has 0 atom stereocenters. The molecule has 1 rings (SSSR count). The van der Waals surface area contributed by atoms with Crippen molar-refractivity contribution in [2.75, 3.05) is 32.7 Å². The fraction of sp³-hybridized carbons (Fsp3) is 0.917. The van der Waals surface area contributed by atoms with E-state index in [9.17, 15) is 18.0 Å². The van der Waals surface area contributed by atoms with Crippen LogP contribution in [0.1, 0.15) is 26.2 Å². The Kier molecular flexibility index (Phi) is 6.57. The molecule has 1 amide bonds. The van der Waals surface area contributed by atoms with Gasteiger partial charge in [-0.25, -0.2) is 0 Å². The molecule has 1 aliphatic heterocycles. The second kappa shape index (κ2) is 7.69. The Hall–Kier alpha value is -0.820. The lowest BCUT2D eigenvalue weighted by Gasteiger charge is -2.32. The molecule has 0 spiro atoms. The van der Waals surface area contributed by atoms with Gasteiger partial charge < -0.3 is 10.6 Å². The highest BCUT2D eigenvalue weighted by molar-refractivity contribution is 5.75. The van der Waals surface area contributed by atoms with Gasteiger partial charge in [-0.2, -0.15) is 13.2 Å². The van der Waals surface area contributed by atoms with Gasteiger partial charge in [-0.3, -0.25) is 9.69 Å². The largest absolute Gasteiger partial charge is 0.401 e. The van der Waals surface area contributed by atoms with Crippen molar-refractivity contribution in [2.24, 2.45) is 0 Å². The number of nitrogens with zero attached hydrogens (tertiary/aromatic N) is 1. The number of likely N-dealkylation sites (tertiary alicyclic amines) is 1. The molecule has 4 nitrogen and oxygen atoms in total. The van der Waals surface area contributed by atoms with Crippen LogP contribution in [0.2, 0.25) is 0 Å². The van der Waals surface area contributed by atoms with Crippen molar-refractivity contribution in [2.45, 2.75) is 38.4 Å². The Morgan fingerprint density at radius 2 is 1.95 bits per heavy atom. The lowest BCUT2D eigenvalue weighted by Crippen LogP contribution is -2.46. The molecular formula is C12H22F3N3O. The summed E-state index contributed by atoms with van der Waals surface area (Å²) in [4.78, 5) is 12.6. The van der Waals surface area contributed by atoms with E-state index in [0.29, 0.717) is 45.4 Å². The predicted molar refractivity (Wildman–Crippen MR) is 66.8 cm³/mol. The zero-order valence-corrected chi connectivity index (χ0v) is 11.2. The molecule has 0 aromatic rings. The highest BCUT2D eigenvalue weighted by Gasteiger charge is 2.32. The zero-order chi connectivity index (χ0) is 14.3. The van der Waals surface area contributed by atoms with E-state index in [2.05, 4.69) is 10.6 Å². The molecular weight excluding hydrogens is 259 g/mol. The number of halogens is 3. The first-order valence-electron chi connectivity index (χ1n) is 6.70. The fourth-order valence-electron chi connectivity index (χ4n) is 2.22. The van der Waals surface area contributed by atoms with E-state index in [1.807, 2.05) is 6.92 Å².